The molecule has 25 heavy (non-hydrogen) atoms. The number of benzene rings is 1. The Kier molecular flexibility index (Phi) is 5.26. The van der Waals surface area contributed by atoms with E-state index in [-0.39, 0.29) is 5.91 Å². The number of rotatable bonds is 5. The quantitative estimate of drug-likeness (QED) is 0.832. The summed E-state index contributed by atoms with van der Waals surface area (Å²) < 4.78 is 1.87. The van der Waals surface area contributed by atoms with E-state index in [1.165, 1.54) is 5.56 Å². The monoisotopic (exact) mass is 339 g/mol. The van der Waals surface area contributed by atoms with Crippen molar-refractivity contribution in [1.29, 1.82) is 0 Å². The zero-order valence-electron chi connectivity index (χ0n) is 15.8. The van der Waals surface area contributed by atoms with Crippen LogP contribution in [-0.2, 0) is 18.3 Å². The summed E-state index contributed by atoms with van der Waals surface area (Å²) in [5.74, 6) is 0.667. The van der Waals surface area contributed by atoms with Crippen LogP contribution in [0, 0.1) is 13.8 Å². The number of likely N-dealkylation sites (tertiary alicyclic amines) is 1. The minimum Gasteiger partial charge on any atom is -0.339 e. The van der Waals surface area contributed by atoms with Gasteiger partial charge in [-0.25, -0.2) is 0 Å². The van der Waals surface area contributed by atoms with Crippen LogP contribution in [0.4, 0.5) is 0 Å². The van der Waals surface area contributed by atoms with Crippen LogP contribution in [0.3, 0.4) is 0 Å². The molecule has 1 aliphatic rings. The number of hydrogen-bond acceptors (Lipinski definition) is 2. The highest BCUT2D eigenvalue weighted by molar-refractivity contribution is 5.80. The van der Waals surface area contributed by atoms with E-state index in [1.54, 1.807) is 0 Å². The second kappa shape index (κ2) is 7.42. The molecule has 4 nitrogen and oxygen atoms in total. The summed E-state index contributed by atoms with van der Waals surface area (Å²) >= 11 is 0. The highest BCUT2D eigenvalue weighted by Crippen LogP contribution is 2.34. The van der Waals surface area contributed by atoms with Gasteiger partial charge in [-0.05, 0) is 38.7 Å². The highest BCUT2D eigenvalue weighted by atomic mass is 16.2. The van der Waals surface area contributed by atoms with Gasteiger partial charge in [0.25, 0.3) is 0 Å². The third kappa shape index (κ3) is 3.48. The molecule has 0 bridgehead atoms. The van der Waals surface area contributed by atoms with Crippen LogP contribution in [0.2, 0.25) is 0 Å². The molecule has 0 saturated carbocycles. The fourth-order valence-corrected chi connectivity index (χ4v) is 4.28. The molecule has 2 aromatic rings. The van der Waals surface area contributed by atoms with E-state index < -0.39 is 0 Å². The van der Waals surface area contributed by atoms with Gasteiger partial charge in [-0.1, -0.05) is 37.3 Å². The van der Waals surface area contributed by atoms with Crippen LogP contribution in [0.15, 0.2) is 30.3 Å². The summed E-state index contributed by atoms with van der Waals surface area (Å²) in [5.41, 5.74) is 4.50. The molecule has 134 valence electrons. The standard InChI is InChI=1S/C21H29N3O/c1-5-18(17-10-7-6-8-11-17)20-12-9-13-24(20)21(25)14-19-15(2)22-23(4)16(19)3/h6-8,10-11,18,20H,5,9,12-14H2,1-4H3/t18-,20+/m0/s1. The van der Waals surface area contributed by atoms with Crippen molar-refractivity contribution in [3.63, 3.8) is 0 Å². The maximum absolute atomic E-state index is 13.1. The van der Waals surface area contributed by atoms with Gasteiger partial charge in [0.1, 0.15) is 0 Å². The van der Waals surface area contributed by atoms with Gasteiger partial charge in [0.15, 0.2) is 0 Å². The first kappa shape index (κ1) is 17.7. The number of nitrogens with zero attached hydrogens (tertiary/aromatic N) is 3. The molecule has 0 aliphatic carbocycles. The van der Waals surface area contributed by atoms with Crippen LogP contribution in [0.1, 0.15) is 54.6 Å². The Morgan fingerprint density at radius 2 is 2.00 bits per heavy atom. The summed E-state index contributed by atoms with van der Waals surface area (Å²) in [5, 5.41) is 4.45. The average molecular weight is 339 g/mol. The van der Waals surface area contributed by atoms with Gasteiger partial charge >= 0.3 is 0 Å². The van der Waals surface area contributed by atoms with Crippen molar-refractivity contribution in [3.05, 3.63) is 52.8 Å². The third-order valence-corrected chi connectivity index (χ3v) is 5.74. The largest absolute Gasteiger partial charge is 0.339 e. The maximum Gasteiger partial charge on any atom is 0.227 e. The van der Waals surface area contributed by atoms with E-state index >= 15 is 0 Å². The molecule has 0 radical (unpaired) electrons. The first-order valence-electron chi connectivity index (χ1n) is 9.36. The zero-order valence-corrected chi connectivity index (χ0v) is 15.8. The Morgan fingerprint density at radius 1 is 1.28 bits per heavy atom. The predicted octanol–water partition coefficient (Wildman–Crippen LogP) is 3.76. The molecule has 2 atom stereocenters. The maximum atomic E-state index is 13.1. The van der Waals surface area contributed by atoms with Gasteiger partial charge in [-0.2, -0.15) is 5.10 Å². The number of aryl methyl sites for hydroxylation is 2. The lowest BCUT2D eigenvalue weighted by molar-refractivity contribution is -0.131. The van der Waals surface area contributed by atoms with Crippen molar-refractivity contribution in [2.75, 3.05) is 6.54 Å². The van der Waals surface area contributed by atoms with Gasteiger partial charge in [-0.15, -0.1) is 0 Å². The van der Waals surface area contributed by atoms with Crippen LogP contribution in [0.25, 0.3) is 0 Å². The number of carbonyl (C=O) groups is 1. The summed E-state index contributed by atoms with van der Waals surface area (Å²) in [4.78, 5) is 15.2. The molecular weight excluding hydrogens is 310 g/mol. The molecule has 0 unspecified atom stereocenters. The predicted molar refractivity (Wildman–Crippen MR) is 101 cm³/mol. The molecule has 1 saturated heterocycles. The van der Waals surface area contributed by atoms with E-state index in [2.05, 4.69) is 47.3 Å². The topological polar surface area (TPSA) is 38.1 Å². The fourth-order valence-electron chi connectivity index (χ4n) is 4.28. The Morgan fingerprint density at radius 3 is 2.60 bits per heavy atom. The van der Waals surface area contributed by atoms with Crippen LogP contribution in [-0.4, -0.2) is 33.2 Å². The number of amides is 1. The molecule has 0 spiro atoms. The summed E-state index contributed by atoms with van der Waals surface area (Å²) in [7, 11) is 1.94. The van der Waals surface area contributed by atoms with Crippen molar-refractivity contribution in [3.8, 4) is 0 Å². The molecule has 1 fully saturated rings. The van der Waals surface area contributed by atoms with Gasteiger partial charge < -0.3 is 4.90 Å². The molecule has 1 aromatic carbocycles. The minimum absolute atomic E-state index is 0.246. The number of carbonyl (C=O) groups excluding carboxylic acids is 1. The lowest BCUT2D eigenvalue weighted by Crippen LogP contribution is -2.40. The molecule has 2 heterocycles. The Balaban J connectivity index is 1.79. The Bertz CT molecular complexity index is 735. The van der Waals surface area contributed by atoms with E-state index in [0.717, 1.165) is 42.8 Å². The first-order chi connectivity index (χ1) is 12.0. The minimum atomic E-state index is 0.246. The SMILES string of the molecule is CC[C@@H](c1ccccc1)[C@H]1CCCN1C(=O)Cc1c(C)nn(C)c1C. The molecule has 1 aromatic heterocycles. The Labute approximate surface area is 150 Å². The molecule has 1 amide bonds. The van der Waals surface area contributed by atoms with Crippen LogP contribution < -0.4 is 0 Å². The zero-order chi connectivity index (χ0) is 18.0. The van der Waals surface area contributed by atoms with Crippen molar-refractivity contribution in [1.82, 2.24) is 14.7 Å². The lowest BCUT2D eigenvalue weighted by Gasteiger charge is -2.32. The van der Waals surface area contributed by atoms with Crippen molar-refractivity contribution in [2.45, 2.75) is 58.4 Å². The van der Waals surface area contributed by atoms with Gasteiger partial charge in [-0.3, -0.25) is 9.48 Å². The third-order valence-electron chi connectivity index (χ3n) is 5.74. The molecule has 1 aliphatic heterocycles. The number of aromatic nitrogens is 2. The summed E-state index contributed by atoms with van der Waals surface area (Å²) in [6, 6.07) is 11.0. The van der Waals surface area contributed by atoms with Crippen molar-refractivity contribution in [2.24, 2.45) is 7.05 Å². The van der Waals surface area contributed by atoms with E-state index in [9.17, 15) is 4.79 Å². The van der Waals surface area contributed by atoms with Crippen LogP contribution >= 0.6 is 0 Å². The lowest BCUT2D eigenvalue weighted by atomic mass is 9.87. The van der Waals surface area contributed by atoms with E-state index in [1.807, 2.05) is 25.6 Å². The van der Waals surface area contributed by atoms with E-state index in [4.69, 9.17) is 0 Å². The second-order valence-electron chi connectivity index (χ2n) is 7.17. The summed E-state index contributed by atoms with van der Waals surface area (Å²) in [6.07, 6.45) is 3.73. The average Bonchev–Trinajstić information content (AvgIpc) is 3.17. The first-order valence-corrected chi connectivity index (χ1v) is 9.36. The molecular formula is C21H29N3O. The van der Waals surface area contributed by atoms with Gasteiger partial charge in [0.05, 0.1) is 12.1 Å². The highest BCUT2D eigenvalue weighted by Gasteiger charge is 2.34. The van der Waals surface area contributed by atoms with Crippen molar-refractivity contribution >= 4 is 5.91 Å². The van der Waals surface area contributed by atoms with E-state index in [0.29, 0.717) is 18.4 Å². The van der Waals surface area contributed by atoms with Crippen LogP contribution in [0.5, 0.6) is 0 Å². The van der Waals surface area contributed by atoms with Crippen molar-refractivity contribution < 1.29 is 4.79 Å². The second-order valence-corrected chi connectivity index (χ2v) is 7.17. The fraction of sp³-hybridized carbons (Fsp3) is 0.524. The summed E-state index contributed by atoms with van der Waals surface area (Å²) in [6.45, 7) is 7.15. The van der Waals surface area contributed by atoms with Gasteiger partial charge in [0, 0.05) is 36.8 Å². The Hall–Kier alpha value is -2.10. The molecule has 0 N–H and O–H groups in total. The molecule has 4 heteroatoms. The smallest absolute Gasteiger partial charge is 0.227 e. The molecule has 3 rings (SSSR count). The van der Waals surface area contributed by atoms with Gasteiger partial charge in [0.2, 0.25) is 5.91 Å². The normalized spacial score (nSPS) is 18.6. The number of hydrogen-bond donors (Lipinski definition) is 0.